The van der Waals surface area contributed by atoms with Crippen molar-refractivity contribution >= 4 is 5.97 Å². The molecule has 2 aromatic carbocycles. The average Bonchev–Trinajstić information content (AvgIpc) is 2.61. The standard InChI is InChI=1S/C19H22O5/c1-2-23-19(21)16-8-10-18(11-9-16)24-14-17(20)13-22-12-15-6-4-3-5-7-15/h3-11,17,20H,2,12-14H2,1H3. The van der Waals surface area contributed by atoms with E-state index in [9.17, 15) is 9.90 Å². The molecule has 1 N–H and O–H groups in total. The summed E-state index contributed by atoms with van der Waals surface area (Å²) in [7, 11) is 0. The van der Waals surface area contributed by atoms with Crippen molar-refractivity contribution in [3.63, 3.8) is 0 Å². The third-order valence-corrected chi connectivity index (χ3v) is 3.23. The van der Waals surface area contributed by atoms with Crippen molar-refractivity contribution in [2.45, 2.75) is 19.6 Å². The summed E-state index contributed by atoms with van der Waals surface area (Å²) in [5.74, 6) is 0.212. The van der Waals surface area contributed by atoms with Crippen LogP contribution in [0.4, 0.5) is 0 Å². The Morgan fingerprint density at radius 3 is 2.42 bits per heavy atom. The predicted octanol–water partition coefficient (Wildman–Crippen LogP) is 2.82. The molecule has 0 aliphatic rings. The van der Waals surface area contributed by atoms with Gasteiger partial charge in [-0.25, -0.2) is 4.79 Å². The molecule has 2 rings (SSSR count). The van der Waals surface area contributed by atoms with Gasteiger partial charge < -0.3 is 19.3 Å². The third kappa shape index (κ3) is 6.02. The Balaban J connectivity index is 1.69. The van der Waals surface area contributed by atoms with Crippen LogP contribution in [0.2, 0.25) is 0 Å². The predicted molar refractivity (Wildman–Crippen MR) is 90.0 cm³/mol. The van der Waals surface area contributed by atoms with E-state index in [0.29, 0.717) is 24.5 Å². The van der Waals surface area contributed by atoms with Crippen LogP contribution in [0.3, 0.4) is 0 Å². The molecule has 1 atom stereocenters. The number of esters is 1. The molecule has 0 radical (unpaired) electrons. The van der Waals surface area contributed by atoms with E-state index in [0.717, 1.165) is 5.56 Å². The molecule has 128 valence electrons. The number of ether oxygens (including phenoxy) is 3. The minimum atomic E-state index is -0.724. The third-order valence-electron chi connectivity index (χ3n) is 3.23. The minimum absolute atomic E-state index is 0.119. The number of benzene rings is 2. The van der Waals surface area contributed by atoms with Gasteiger partial charge in [-0.05, 0) is 36.8 Å². The Labute approximate surface area is 141 Å². The highest BCUT2D eigenvalue weighted by atomic mass is 16.5. The lowest BCUT2D eigenvalue weighted by Crippen LogP contribution is -2.23. The van der Waals surface area contributed by atoms with Crippen molar-refractivity contribution in [3.8, 4) is 5.75 Å². The lowest BCUT2D eigenvalue weighted by molar-refractivity contribution is 0.00548. The number of carbonyl (C=O) groups is 1. The van der Waals surface area contributed by atoms with Crippen LogP contribution in [0.25, 0.3) is 0 Å². The van der Waals surface area contributed by atoms with Crippen molar-refractivity contribution in [1.29, 1.82) is 0 Å². The van der Waals surface area contributed by atoms with Crippen LogP contribution < -0.4 is 4.74 Å². The van der Waals surface area contributed by atoms with Crippen LogP contribution in [-0.4, -0.2) is 37.0 Å². The molecule has 0 spiro atoms. The zero-order valence-corrected chi connectivity index (χ0v) is 13.7. The van der Waals surface area contributed by atoms with Gasteiger partial charge in [-0.15, -0.1) is 0 Å². The highest BCUT2D eigenvalue weighted by Crippen LogP contribution is 2.13. The van der Waals surface area contributed by atoms with Gasteiger partial charge in [0.15, 0.2) is 0 Å². The topological polar surface area (TPSA) is 65.0 Å². The summed E-state index contributed by atoms with van der Waals surface area (Å²) in [6, 6.07) is 16.4. The molecule has 0 amide bonds. The van der Waals surface area contributed by atoms with Gasteiger partial charge in [-0.1, -0.05) is 30.3 Å². The van der Waals surface area contributed by atoms with Gasteiger partial charge in [0, 0.05) is 0 Å². The molecule has 2 aromatic rings. The van der Waals surface area contributed by atoms with E-state index in [-0.39, 0.29) is 19.2 Å². The maximum Gasteiger partial charge on any atom is 0.338 e. The number of rotatable bonds is 9. The number of carbonyl (C=O) groups excluding carboxylic acids is 1. The van der Waals surface area contributed by atoms with Gasteiger partial charge in [0.2, 0.25) is 0 Å². The lowest BCUT2D eigenvalue weighted by atomic mass is 10.2. The maximum atomic E-state index is 11.5. The van der Waals surface area contributed by atoms with Gasteiger partial charge in [-0.2, -0.15) is 0 Å². The first-order valence-electron chi connectivity index (χ1n) is 7.88. The summed E-state index contributed by atoms with van der Waals surface area (Å²) in [6.45, 7) is 2.86. The van der Waals surface area contributed by atoms with Crippen molar-refractivity contribution in [3.05, 3.63) is 65.7 Å². The largest absolute Gasteiger partial charge is 0.491 e. The number of hydrogen-bond donors (Lipinski definition) is 1. The highest BCUT2D eigenvalue weighted by Gasteiger charge is 2.08. The number of aliphatic hydroxyl groups is 1. The van der Waals surface area contributed by atoms with E-state index in [1.807, 2.05) is 30.3 Å². The second-order valence-corrected chi connectivity index (χ2v) is 5.21. The summed E-state index contributed by atoms with van der Waals surface area (Å²) in [5, 5.41) is 9.88. The number of aliphatic hydroxyl groups excluding tert-OH is 1. The quantitative estimate of drug-likeness (QED) is 0.716. The highest BCUT2D eigenvalue weighted by molar-refractivity contribution is 5.89. The average molecular weight is 330 g/mol. The molecule has 0 fully saturated rings. The fourth-order valence-electron chi connectivity index (χ4n) is 2.03. The van der Waals surface area contributed by atoms with Gasteiger partial charge in [0.1, 0.15) is 18.5 Å². The van der Waals surface area contributed by atoms with E-state index in [2.05, 4.69) is 0 Å². The van der Waals surface area contributed by atoms with Crippen LogP contribution in [0.5, 0.6) is 5.75 Å². The summed E-state index contributed by atoms with van der Waals surface area (Å²) in [5.41, 5.74) is 1.52. The van der Waals surface area contributed by atoms with Crippen LogP contribution in [0, 0.1) is 0 Å². The Morgan fingerprint density at radius 2 is 1.75 bits per heavy atom. The second-order valence-electron chi connectivity index (χ2n) is 5.21. The normalized spacial score (nSPS) is 11.8. The monoisotopic (exact) mass is 330 g/mol. The summed E-state index contributed by atoms with van der Waals surface area (Å²) in [6.07, 6.45) is -0.724. The first-order chi connectivity index (χ1) is 11.7. The zero-order chi connectivity index (χ0) is 17.2. The maximum absolute atomic E-state index is 11.5. The van der Waals surface area contributed by atoms with Gasteiger partial charge in [0.05, 0.1) is 25.4 Å². The summed E-state index contributed by atoms with van der Waals surface area (Å²) >= 11 is 0. The van der Waals surface area contributed by atoms with Gasteiger partial charge in [0.25, 0.3) is 0 Å². The van der Waals surface area contributed by atoms with Crippen molar-refractivity contribution in [2.24, 2.45) is 0 Å². The van der Waals surface area contributed by atoms with Crippen LogP contribution in [0.15, 0.2) is 54.6 Å². The Morgan fingerprint density at radius 1 is 1.04 bits per heavy atom. The molecular formula is C19H22O5. The van der Waals surface area contributed by atoms with Crippen LogP contribution in [-0.2, 0) is 16.1 Å². The van der Waals surface area contributed by atoms with Gasteiger partial charge in [-0.3, -0.25) is 0 Å². The molecule has 24 heavy (non-hydrogen) atoms. The molecular weight excluding hydrogens is 308 g/mol. The summed E-state index contributed by atoms with van der Waals surface area (Å²) < 4.78 is 15.8. The molecule has 0 saturated carbocycles. The Kier molecular flexibility index (Phi) is 7.26. The van der Waals surface area contributed by atoms with Crippen LogP contribution >= 0.6 is 0 Å². The van der Waals surface area contributed by atoms with Gasteiger partial charge >= 0.3 is 5.97 Å². The first kappa shape index (κ1) is 18.0. The molecule has 0 heterocycles. The van der Waals surface area contributed by atoms with E-state index in [1.165, 1.54) is 0 Å². The van der Waals surface area contributed by atoms with Crippen molar-refractivity contribution in [2.75, 3.05) is 19.8 Å². The van der Waals surface area contributed by atoms with E-state index >= 15 is 0 Å². The van der Waals surface area contributed by atoms with E-state index in [4.69, 9.17) is 14.2 Å². The van der Waals surface area contributed by atoms with Crippen LogP contribution in [0.1, 0.15) is 22.8 Å². The lowest BCUT2D eigenvalue weighted by Gasteiger charge is -2.13. The SMILES string of the molecule is CCOC(=O)c1ccc(OCC(O)COCc2ccccc2)cc1. The molecule has 0 aromatic heterocycles. The molecule has 0 bridgehead atoms. The first-order valence-corrected chi connectivity index (χ1v) is 7.88. The Hall–Kier alpha value is -2.37. The zero-order valence-electron chi connectivity index (χ0n) is 13.7. The fourth-order valence-corrected chi connectivity index (χ4v) is 2.03. The molecule has 0 aliphatic carbocycles. The molecule has 5 nitrogen and oxygen atoms in total. The minimum Gasteiger partial charge on any atom is -0.491 e. The Bertz CT molecular complexity index is 609. The molecule has 1 unspecified atom stereocenters. The molecule has 0 saturated heterocycles. The fraction of sp³-hybridized carbons (Fsp3) is 0.316. The van der Waals surface area contributed by atoms with Crippen molar-refractivity contribution in [1.82, 2.24) is 0 Å². The molecule has 0 aliphatic heterocycles. The van der Waals surface area contributed by atoms with E-state index in [1.54, 1.807) is 31.2 Å². The smallest absolute Gasteiger partial charge is 0.338 e. The summed E-state index contributed by atoms with van der Waals surface area (Å²) in [4.78, 5) is 11.5. The second kappa shape index (κ2) is 9.70. The van der Waals surface area contributed by atoms with E-state index < -0.39 is 6.10 Å². The number of hydrogen-bond acceptors (Lipinski definition) is 5. The molecule has 5 heteroatoms. The van der Waals surface area contributed by atoms with Crippen molar-refractivity contribution < 1.29 is 24.1 Å².